The summed E-state index contributed by atoms with van der Waals surface area (Å²) in [6.07, 6.45) is 10.0. The number of nitrogens with zero attached hydrogens (tertiary/aromatic N) is 5. The molecule has 3 heterocycles. The highest BCUT2D eigenvalue weighted by molar-refractivity contribution is 5.64. The molecule has 0 bridgehead atoms. The van der Waals surface area contributed by atoms with E-state index in [0.717, 1.165) is 30.8 Å². The zero-order valence-electron chi connectivity index (χ0n) is 16.9. The SMILES string of the molecule is Cc1cc(-c2cnc(N)c(Oc3cnn(C4CCC4)c3)n2)cc2c1CCN(C)C2. The van der Waals surface area contributed by atoms with Crippen molar-refractivity contribution < 1.29 is 4.74 Å². The number of fused-ring (bicyclic) bond motifs is 1. The van der Waals surface area contributed by atoms with Crippen molar-refractivity contribution in [3.63, 3.8) is 0 Å². The predicted molar refractivity (Wildman–Crippen MR) is 112 cm³/mol. The Labute approximate surface area is 170 Å². The second kappa shape index (κ2) is 7.15. The van der Waals surface area contributed by atoms with Crippen LogP contribution in [0, 0.1) is 6.92 Å². The van der Waals surface area contributed by atoms with Gasteiger partial charge in [0.2, 0.25) is 0 Å². The molecule has 2 aromatic heterocycles. The van der Waals surface area contributed by atoms with E-state index in [1.165, 1.54) is 36.0 Å². The van der Waals surface area contributed by atoms with Gasteiger partial charge < -0.3 is 15.4 Å². The summed E-state index contributed by atoms with van der Waals surface area (Å²) >= 11 is 0. The summed E-state index contributed by atoms with van der Waals surface area (Å²) in [5.74, 6) is 1.24. The molecule has 1 saturated carbocycles. The fraction of sp³-hybridized carbons (Fsp3) is 0.409. The van der Waals surface area contributed by atoms with Gasteiger partial charge in [0, 0.05) is 18.7 Å². The highest BCUT2D eigenvalue weighted by Gasteiger charge is 2.21. The van der Waals surface area contributed by atoms with E-state index in [1.807, 2.05) is 10.9 Å². The fourth-order valence-electron chi connectivity index (χ4n) is 4.14. The molecule has 7 nitrogen and oxygen atoms in total. The molecular formula is C22H26N6O. The number of anilines is 1. The third kappa shape index (κ3) is 3.46. The summed E-state index contributed by atoms with van der Waals surface area (Å²) in [4.78, 5) is 11.3. The van der Waals surface area contributed by atoms with Crippen LogP contribution < -0.4 is 10.5 Å². The van der Waals surface area contributed by atoms with E-state index in [9.17, 15) is 0 Å². The van der Waals surface area contributed by atoms with Crippen molar-refractivity contribution >= 4 is 5.82 Å². The number of rotatable bonds is 4. The van der Waals surface area contributed by atoms with Crippen LogP contribution in [0.1, 0.15) is 42.0 Å². The molecule has 1 aliphatic carbocycles. The maximum Gasteiger partial charge on any atom is 0.263 e. The average molecular weight is 390 g/mol. The van der Waals surface area contributed by atoms with E-state index in [0.29, 0.717) is 17.7 Å². The van der Waals surface area contributed by atoms with Gasteiger partial charge in [-0.05, 0) is 68.5 Å². The molecule has 0 amide bonds. The molecule has 0 atom stereocenters. The number of aryl methyl sites for hydroxylation is 1. The molecule has 0 unspecified atom stereocenters. The lowest BCUT2D eigenvalue weighted by atomic mass is 9.92. The number of aromatic nitrogens is 4. The molecule has 1 aliphatic heterocycles. The first kappa shape index (κ1) is 18.1. The summed E-state index contributed by atoms with van der Waals surface area (Å²) in [5.41, 5.74) is 12.0. The zero-order chi connectivity index (χ0) is 20.0. The molecular weight excluding hydrogens is 364 g/mol. The van der Waals surface area contributed by atoms with Crippen molar-refractivity contribution in [2.24, 2.45) is 0 Å². The molecule has 2 aliphatic rings. The topological polar surface area (TPSA) is 82.1 Å². The van der Waals surface area contributed by atoms with Crippen LogP contribution in [0.2, 0.25) is 0 Å². The normalized spacial score (nSPS) is 17.0. The lowest BCUT2D eigenvalue weighted by Crippen LogP contribution is -2.27. The molecule has 0 radical (unpaired) electrons. The highest BCUT2D eigenvalue weighted by Crippen LogP contribution is 2.34. The van der Waals surface area contributed by atoms with Gasteiger partial charge in [0.25, 0.3) is 5.88 Å². The van der Waals surface area contributed by atoms with E-state index in [4.69, 9.17) is 10.5 Å². The van der Waals surface area contributed by atoms with E-state index < -0.39 is 0 Å². The van der Waals surface area contributed by atoms with Gasteiger partial charge in [-0.3, -0.25) is 4.68 Å². The number of ether oxygens (including phenoxy) is 1. The monoisotopic (exact) mass is 390 g/mol. The third-order valence-corrected chi connectivity index (χ3v) is 6.05. The van der Waals surface area contributed by atoms with Gasteiger partial charge >= 0.3 is 0 Å². The smallest absolute Gasteiger partial charge is 0.263 e. The van der Waals surface area contributed by atoms with Crippen molar-refractivity contribution in [3.8, 4) is 22.9 Å². The molecule has 5 rings (SSSR count). The Balaban J connectivity index is 1.44. The molecule has 29 heavy (non-hydrogen) atoms. The van der Waals surface area contributed by atoms with Crippen LogP contribution in [0.25, 0.3) is 11.3 Å². The Bertz CT molecular complexity index is 1060. The number of hydrogen-bond acceptors (Lipinski definition) is 6. The van der Waals surface area contributed by atoms with Gasteiger partial charge in [-0.2, -0.15) is 5.10 Å². The molecule has 150 valence electrons. The van der Waals surface area contributed by atoms with Crippen molar-refractivity contribution in [3.05, 3.63) is 47.4 Å². The van der Waals surface area contributed by atoms with Gasteiger partial charge in [0.1, 0.15) is 0 Å². The van der Waals surface area contributed by atoms with Crippen LogP contribution in [0.5, 0.6) is 11.6 Å². The first-order valence-electron chi connectivity index (χ1n) is 10.2. The highest BCUT2D eigenvalue weighted by atomic mass is 16.5. The fourth-order valence-corrected chi connectivity index (χ4v) is 4.14. The molecule has 0 spiro atoms. The molecule has 1 aromatic carbocycles. The van der Waals surface area contributed by atoms with Crippen LogP contribution in [0.3, 0.4) is 0 Å². The van der Waals surface area contributed by atoms with Crippen LogP contribution in [-0.2, 0) is 13.0 Å². The van der Waals surface area contributed by atoms with E-state index in [2.05, 4.69) is 46.1 Å². The van der Waals surface area contributed by atoms with Crippen molar-refractivity contribution in [1.29, 1.82) is 0 Å². The Morgan fingerprint density at radius 2 is 2.07 bits per heavy atom. The summed E-state index contributed by atoms with van der Waals surface area (Å²) in [7, 11) is 2.16. The predicted octanol–water partition coefficient (Wildman–Crippen LogP) is 3.74. The Kier molecular flexibility index (Phi) is 4.47. The number of hydrogen-bond donors (Lipinski definition) is 1. The van der Waals surface area contributed by atoms with Gasteiger partial charge in [0.15, 0.2) is 11.6 Å². The number of nitrogens with two attached hydrogens (primary N) is 1. The second-order valence-electron chi connectivity index (χ2n) is 8.21. The Morgan fingerprint density at radius 3 is 2.86 bits per heavy atom. The minimum Gasteiger partial charge on any atom is -0.433 e. The minimum atomic E-state index is 0.277. The maximum absolute atomic E-state index is 6.05. The molecule has 7 heteroatoms. The summed E-state index contributed by atoms with van der Waals surface area (Å²) in [6, 6.07) is 4.89. The number of nitrogen functional groups attached to an aromatic ring is 1. The van der Waals surface area contributed by atoms with E-state index >= 15 is 0 Å². The second-order valence-corrected chi connectivity index (χ2v) is 8.21. The van der Waals surface area contributed by atoms with Crippen LogP contribution >= 0.6 is 0 Å². The minimum absolute atomic E-state index is 0.277. The molecule has 3 aromatic rings. The van der Waals surface area contributed by atoms with Gasteiger partial charge in [-0.1, -0.05) is 0 Å². The Hall–Kier alpha value is -2.93. The van der Waals surface area contributed by atoms with E-state index in [-0.39, 0.29) is 5.82 Å². The van der Waals surface area contributed by atoms with Crippen molar-refractivity contribution in [2.75, 3.05) is 19.3 Å². The van der Waals surface area contributed by atoms with Gasteiger partial charge in [-0.25, -0.2) is 9.97 Å². The van der Waals surface area contributed by atoms with Crippen LogP contribution in [0.15, 0.2) is 30.7 Å². The zero-order valence-corrected chi connectivity index (χ0v) is 16.9. The maximum atomic E-state index is 6.05. The van der Waals surface area contributed by atoms with E-state index in [1.54, 1.807) is 12.4 Å². The average Bonchev–Trinajstić information content (AvgIpc) is 3.09. The first-order chi connectivity index (χ1) is 14.1. The van der Waals surface area contributed by atoms with Crippen molar-refractivity contribution in [1.82, 2.24) is 24.6 Å². The number of benzene rings is 1. The lowest BCUT2D eigenvalue weighted by Gasteiger charge is -2.27. The molecule has 1 fully saturated rings. The van der Waals surface area contributed by atoms with Gasteiger partial charge in [-0.15, -0.1) is 0 Å². The lowest BCUT2D eigenvalue weighted by molar-refractivity contribution is 0.288. The number of likely N-dealkylation sites (N-methyl/N-ethyl adjacent to an activating group) is 1. The van der Waals surface area contributed by atoms with Crippen LogP contribution in [-0.4, -0.2) is 38.2 Å². The van der Waals surface area contributed by atoms with Crippen molar-refractivity contribution in [2.45, 2.75) is 45.2 Å². The summed E-state index contributed by atoms with van der Waals surface area (Å²) in [6.45, 7) is 4.22. The third-order valence-electron chi connectivity index (χ3n) is 6.05. The summed E-state index contributed by atoms with van der Waals surface area (Å²) in [5, 5.41) is 4.41. The van der Waals surface area contributed by atoms with Crippen LogP contribution in [0.4, 0.5) is 5.82 Å². The quantitative estimate of drug-likeness (QED) is 0.731. The largest absolute Gasteiger partial charge is 0.433 e. The van der Waals surface area contributed by atoms with Gasteiger partial charge in [0.05, 0.1) is 30.3 Å². The molecule has 0 saturated heterocycles. The standard InChI is InChI=1S/C22H26N6O/c1-14-8-15(9-16-12-27(2)7-6-19(14)16)20-11-24-21(23)22(26-20)29-18-10-25-28(13-18)17-4-3-5-17/h8-11,13,17H,3-7,12H2,1-2H3,(H2,23,24). The molecule has 2 N–H and O–H groups in total. The first-order valence-corrected chi connectivity index (χ1v) is 10.2. The Morgan fingerprint density at radius 1 is 1.21 bits per heavy atom. The summed E-state index contributed by atoms with van der Waals surface area (Å²) < 4.78 is 7.91.